The molecule has 1 aromatic carbocycles. The minimum Gasteiger partial charge on any atom is -0.318 e. The lowest BCUT2D eigenvalue weighted by atomic mass is 10.2. The van der Waals surface area contributed by atoms with E-state index in [1.54, 1.807) is 0 Å². The van der Waals surface area contributed by atoms with Gasteiger partial charge in [0.15, 0.2) is 0 Å². The van der Waals surface area contributed by atoms with Gasteiger partial charge in [-0.2, -0.15) is 0 Å². The Morgan fingerprint density at radius 2 is 1.89 bits per heavy atom. The first-order valence-corrected chi connectivity index (χ1v) is 6.13. The Labute approximate surface area is 116 Å². The lowest BCUT2D eigenvalue weighted by Gasteiger charge is -2.09. The second-order valence-electron chi connectivity index (χ2n) is 4.24. The first-order chi connectivity index (χ1) is 8.99. The van der Waals surface area contributed by atoms with Crippen molar-refractivity contribution in [3.05, 3.63) is 68.6 Å². The number of rotatable bonds is 3. The Morgan fingerprint density at radius 1 is 1.26 bits per heavy atom. The number of aryl methyl sites for hydroxylation is 1. The van der Waals surface area contributed by atoms with Crippen LogP contribution in [0.5, 0.6) is 0 Å². The van der Waals surface area contributed by atoms with Gasteiger partial charge in [0.05, 0.1) is 4.92 Å². The first-order valence-electron chi connectivity index (χ1n) is 5.75. The number of nitrogens with zero attached hydrogens (tertiary/aromatic N) is 2. The van der Waals surface area contributed by atoms with Crippen LogP contribution in [0.4, 0.5) is 0 Å². The SMILES string of the molecule is Cc1cc(/C=C/[N+](=O)[O-])c(C)n1-c1ccc(Cl)cc1. The van der Waals surface area contributed by atoms with Crippen LogP contribution in [0.2, 0.25) is 5.02 Å². The number of aromatic nitrogens is 1. The van der Waals surface area contributed by atoms with E-state index < -0.39 is 4.92 Å². The molecule has 0 saturated carbocycles. The van der Waals surface area contributed by atoms with E-state index in [1.165, 1.54) is 6.08 Å². The summed E-state index contributed by atoms with van der Waals surface area (Å²) >= 11 is 5.87. The smallest absolute Gasteiger partial charge is 0.235 e. The molecule has 0 bridgehead atoms. The van der Waals surface area contributed by atoms with Crippen molar-refractivity contribution in [1.82, 2.24) is 4.57 Å². The Bertz CT molecular complexity index is 642. The molecular weight excluding hydrogens is 264 g/mol. The maximum absolute atomic E-state index is 10.4. The fourth-order valence-electron chi connectivity index (χ4n) is 2.08. The molecule has 0 fully saturated rings. The van der Waals surface area contributed by atoms with Crippen molar-refractivity contribution >= 4 is 17.7 Å². The van der Waals surface area contributed by atoms with Crippen LogP contribution in [0.1, 0.15) is 17.0 Å². The molecule has 19 heavy (non-hydrogen) atoms. The number of halogens is 1. The molecule has 5 heteroatoms. The van der Waals surface area contributed by atoms with Crippen LogP contribution in [-0.4, -0.2) is 9.49 Å². The Hall–Kier alpha value is -2.07. The molecule has 0 aliphatic heterocycles. The van der Waals surface area contributed by atoms with Crippen molar-refractivity contribution in [2.45, 2.75) is 13.8 Å². The Kier molecular flexibility index (Phi) is 3.71. The molecule has 1 aromatic heterocycles. The van der Waals surface area contributed by atoms with Gasteiger partial charge in [-0.05, 0) is 44.2 Å². The second kappa shape index (κ2) is 5.28. The van der Waals surface area contributed by atoms with Crippen LogP contribution < -0.4 is 0 Å². The average Bonchev–Trinajstić information content (AvgIpc) is 2.63. The highest BCUT2D eigenvalue weighted by Gasteiger charge is 2.09. The predicted octanol–water partition coefficient (Wildman–Crippen LogP) is 3.99. The van der Waals surface area contributed by atoms with Gasteiger partial charge in [0, 0.05) is 33.7 Å². The summed E-state index contributed by atoms with van der Waals surface area (Å²) in [5.41, 5.74) is 3.80. The molecule has 1 heterocycles. The lowest BCUT2D eigenvalue weighted by molar-refractivity contribution is -0.400. The molecule has 0 saturated heterocycles. The monoisotopic (exact) mass is 276 g/mol. The van der Waals surface area contributed by atoms with Crippen molar-refractivity contribution < 1.29 is 4.92 Å². The van der Waals surface area contributed by atoms with E-state index in [0.717, 1.165) is 28.8 Å². The summed E-state index contributed by atoms with van der Waals surface area (Å²) in [7, 11) is 0. The van der Waals surface area contributed by atoms with Gasteiger partial charge < -0.3 is 4.57 Å². The van der Waals surface area contributed by atoms with E-state index in [9.17, 15) is 10.1 Å². The summed E-state index contributed by atoms with van der Waals surface area (Å²) < 4.78 is 2.04. The van der Waals surface area contributed by atoms with Crippen LogP contribution in [-0.2, 0) is 0 Å². The van der Waals surface area contributed by atoms with Crippen molar-refractivity contribution in [2.24, 2.45) is 0 Å². The molecular formula is C14H13ClN2O2. The van der Waals surface area contributed by atoms with Crippen molar-refractivity contribution in [3.8, 4) is 5.69 Å². The zero-order valence-electron chi connectivity index (χ0n) is 10.6. The van der Waals surface area contributed by atoms with Crippen LogP contribution >= 0.6 is 11.6 Å². The molecule has 0 amide bonds. The second-order valence-corrected chi connectivity index (χ2v) is 4.68. The number of hydrogen-bond donors (Lipinski definition) is 0. The highest BCUT2D eigenvalue weighted by Crippen LogP contribution is 2.22. The Balaban J connectivity index is 2.47. The minimum absolute atomic E-state index is 0.464. The minimum atomic E-state index is -0.464. The van der Waals surface area contributed by atoms with Gasteiger partial charge in [-0.15, -0.1) is 0 Å². The Morgan fingerprint density at radius 3 is 2.47 bits per heavy atom. The van der Waals surface area contributed by atoms with E-state index in [1.807, 2.05) is 48.7 Å². The highest BCUT2D eigenvalue weighted by atomic mass is 35.5. The largest absolute Gasteiger partial charge is 0.318 e. The van der Waals surface area contributed by atoms with E-state index in [-0.39, 0.29) is 0 Å². The summed E-state index contributed by atoms with van der Waals surface area (Å²) in [6.07, 6.45) is 2.46. The quantitative estimate of drug-likeness (QED) is 0.628. The van der Waals surface area contributed by atoms with Gasteiger partial charge in [0.1, 0.15) is 0 Å². The average molecular weight is 277 g/mol. The molecule has 0 unspecified atom stereocenters. The van der Waals surface area contributed by atoms with Crippen molar-refractivity contribution in [3.63, 3.8) is 0 Å². The van der Waals surface area contributed by atoms with Gasteiger partial charge in [0.25, 0.3) is 0 Å². The maximum atomic E-state index is 10.4. The van der Waals surface area contributed by atoms with Crippen LogP contribution in [0.15, 0.2) is 36.5 Å². The number of hydrogen-bond acceptors (Lipinski definition) is 2. The molecule has 0 radical (unpaired) electrons. The predicted molar refractivity (Wildman–Crippen MR) is 76.3 cm³/mol. The van der Waals surface area contributed by atoms with Gasteiger partial charge in [-0.3, -0.25) is 10.1 Å². The summed E-state index contributed by atoms with van der Waals surface area (Å²) in [6, 6.07) is 9.40. The zero-order valence-corrected chi connectivity index (χ0v) is 11.4. The van der Waals surface area contributed by atoms with E-state index in [2.05, 4.69) is 0 Å². The third-order valence-electron chi connectivity index (χ3n) is 2.93. The summed E-state index contributed by atoms with van der Waals surface area (Å²) in [5.74, 6) is 0. The summed E-state index contributed by atoms with van der Waals surface area (Å²) in [6.45, 7) is 3.90. The number of nitro groups is 1. The van der Waals surface area contributed by atoms with Gasteiger partial charge in [-0.1, -0.05) is 11.6 Å². The van der Waals surface area contributed by atoms with E-state index in [4.69, 9.17) is 11.6 Å². The van der Waals surface area contributed by atoms with E-state index in [0.29, 0.717) is 5.02 Å². The fourth-order valence-corrected chi connectivity index (χ4v) is 2.21. The summed E-state index contributed by atoms with van der Waals surface area (Å²) in [4.78, 5) is 9.92. The van der Waals surface area contributed by atoms with Crippen LogP contribution in [0, 0.1) is 24.0 Å². The molecule has 0 N–H and O–H groups in total. The topological polar surface area (TPSA) is 48.1 Å². The third-order valence-corrected chi connectivity index (χ3v) is 3.18. The molecule has 4 nitrogen and oxygen atoms in total. The molecule has 2 aromatic rings. The maximum Gasteiger partial charge on any atom is 0.235 e. The van der Waals surface area contributed by atoms with Crippen LogP contribution in [0.25, 0.3) is 11.8 Å². The molecule has 0 aliphatic rings. The van der Waals surface area contributed by atoms with E-state index >= 15 is 0 Å². The summed E-state index contributed by atoms with van der Waals surface area (Å²) in [5, 5.41) is 11.1. The highest BCUT2D eigenvalue weighted by molar-refractivity contribution is 6.30. The normalized spacial score (nSPS) is 11.1. The van der Waals surface area contributed by atoms with Gasteiger partial charge >= 0.3 is 0 Å². The standard InChI is InChI=1S/C14H13ClN2O2/c1-10-9-12(7-8-16(18)19)11(2)17(10)14-5-3-13(15)4-6-14/h3-9H,1-2H3/b8-7+. The van der Waals surface area contributed by atoms with Crippen LogP contribution in [0.3, 0.4) is 0 Å². The molecule has 0 spiro atoms. The van der Waals surface area contributed by atoms with Crippen molar-refractivity contribution in [2.75, 3.05) is 0 Å². The number of benzene rings is 1. The molecule has 98 valence electrons. The lowest BCUT2D eigenvalue weighted by Crippen LogP contribution is -1.98. The third kappa shape index (κ3) is 2.85. The molecule has 2 rings (SSSR count). The van der Waals surface area contributed by atoms with Gasteiger partial charge in [0.2, 0.25) is 6.20 Å². The fraction of sp³-hybridized carbons (Fsp3) is 0.143. The zero-order chi connectivity index (χ0) is 14.0. The van der Waals surface area contributed by atoms with Gasteiger partial charge in [-0.25, -0.2) is 0 Å². The first kappa shape index (κ1) is 13.4. The van der Waals surface area contributed by atoms with Crippen molar-refractivity contribution in [1.29, 1.82) is 0 Å². The molecule has 0 atom stereocenters. The molecule has 0 aliphatic carbocycles.